The van der Waals surface area contributed by atoms with Gasteiger partial charge in [0.1, 0.15) is 6.33 Å². The van der Waals surface area contributed by atoms with Gasteiger partial charge >= 0.3 is 0 Å². The smallest absolute Gasteiger partial charge is 0.219 e. The van der Waals surface area contributed by atoms with Crippen molar-refractivity contribution in [3.63, 3.8) is 0 Å². The third kappa shape index (κ3) is 2.26. The lowest BCUT2D eigenvalue weighted by molar-refractivity contribution is 0.458. The summed E-state index contributed by atoms with van der Waals surface area (Å²) in [6.07, 6.45) is 6.27. The number of halogens is 1. The van der Waals surface area contributed by atoms with Gasteiger partial charge in [0, 0.05) is 16.7 Å². The van der Waals surface area contributed by atoms with Gasteiger partial charge < -0.3 is 4.74 Å². The van der Waals surface area contributed by atoms with Crippen LogP contribution >= 0.6 is 15.9 Å². The summed E-state index contributed by atoms with van der Waals surface area (Å²) in [5.41, 5.74) is 0. The molecule has 0 atom stereocenters. The Morgan fingerprint density at radius 2 is 1.86 bits per heavy atom. The van der Waals surface area contributed by atoms with Gasteiger partial charge in [0.2, 0.25) is 5.88 Å². The molecule has 0 saturated carbocycles. The molecule has 0 fully saturated rings. The van der Waals surface area contributed by atoms with Gasteiger partial charge in [-0.3, -0.25) is 0 Å². The van der Waals surface area contributed by atoms with Crippen LogP contribution < -0.4 is 4.74 Å². The summed E-state index contributed by atoms with van der Waals surface area (Å²) in [7, 11) is 0. The summed E-state index contributed by atoms with van der Waals surface area (Å²) in [5, 5.41) is 0. The average molecular weight is 252 g/mol. The third-order valence-electron chi connectivity index (χ3n) is 1.46. The van der Waals surface area contributed by atoms with Crippen molar-refractivity contribution in [3.05, 3.63) is 41.5 Å². The molecule has 4 nitrogen and oxygen atoms in total. The van der Waals surface area contributed by atoms with Gasteiger partial charge in [0.25, 0.3) is 0 Å². The first kappa shape index (κ1) is 9.08. The van der Waals surface area contributed by atoms with E-state index in [2.05, 4.69) is 30.9 Å². The maximum Gasteiger partial charge on any atom is 0.219 e. The first-order valence-electron chi connectivity index (χ1n) is 3.89. The van der Waals surface area contributed by atoms with Crippen LogP contribution in [-0.4, -0.2) is 15.0 Å². The van der Waals surface area contributed by atoms with E-state index in [4.69, 9.17) is 4.74 Å². The normalized spacial score (nSPS) is 9.79. The zero-order valence-corrected chi connectivity index (χ0v) is 8.68. The van der Waals surface area contributed by atoms with Crippen LogP contribution in [-0.2, 0) is 0 Å². The molecule has 0 saturated heterocycles. The summed E-state index contributed by atoms with van der Waals surface area (Å²) in [6, 6.07) is 3.61. The van der Waals surface area contributed by atoms with E-state index in [1.807, 2.05) is 6.07 Å². The summed E-state index contributed by atoms with van der Waals surface area (Å²) >= 11 is 3.29. The van der Waals surface area contributed by atoms with E-state index < -0.39 is 0 Å². The summed E-state index contributed by atoms with van der Waals surface area (Å²) in [4.78, 5) is 11.7. The Bertz CT molecular complexity index is 404. The topological polar surface area (TPSA) is 47.9 Å². The zero-order chi connectivity index (χ0) is 9.80. The molecule has 70 valence electrons. The fourth-order valence-electron chi connectivity index (χ4n) is 0.881. The average Bonchev–Trinajstić information content (AvgIpc) is 2.23. The van der Waals surface area contributed by atoms with Crippen molar-refractivity contribution in [3.8, 4) is 11.6 Å². The Morgan fingerprint density at radius 1 is 1.07 bits per heavy atom. The number of ether oxygens (including phenoxy) is 1. The van der Waals surface area contributed by atoms with Crippen LogP contribution in [0.25, 0.3) is 0 Å². The van der Waals surface area contributed by atoms with E-state index in [9.17, 15) is 0 Å². The molecule has 0 amide bonds. The first-order valence-corrected chi connectivity index (χ1v) is 4.68. The van der Waals surface area contributed by atoms with E-state index in [1.165, 1.54) is 6.33 Å². The van der Waals surface area contributed by atoms with Crippen molar-refractivity contribution in [1.82, 2.24) is 15.0 Å². The molecule has 0 aliphatic heterocycles. The van der Waals surface area contributed by atoms with Gasteiger partial charge in [-0.2, -0.15) is 0 Å². The van der Waals surface area contributed by atoms with Gasteiger partial charge in [0.15, 0.2) is 5.75 Å². The molecule has 14 heavy (non-hydrogen) atoms. The Hall–Kier alpha value is -1.49. The van der Waals surface area contributed by atoms with Gasteiger partial charge in [-0.25, -0.2) is 15.0 Å². The van der Waals surface area contributed by atoms with Crippen molar-refractivity contribution >= 4 is 15.9 Å². The van der Waals surface area contributed by atoms with E-state index in [0.717, 1.165) is 4.47 Å². The van der Waals surface area contributed by atoms with E-state index in [1.54, 1.807) is 24.7 Å². The molecule has 2 heterocycles. The van der Waals surface area contributed by atoms with Crippen LogP contribution in [0.3, 0.4) is 0 Å². The lowest BCUT2D eigenvalue weighted by Crippen LogP contribution is -1.88. The molecule has 0 aliphatic rings. The lowest BCUT2D eigenvalue weighted by atomic mass is 10.5. The first-order chi connectivity index (χ1) is 6.84. The van der Waals surface area contributed by atoms with Gasteiger partial charge in [-0.05, 0) is 22.0 Å². The number of hydrogen-bond acceptors (Lipinski definition) is 4. The van der Waals surface area contributed by atoms with Crippen LogP contribution in [0.15, 0.2) is 41.5 Å². The maximum atomic E-state index is 5.38. The van der Waals surface area contributed by atoms with E-state index in [0.29, 0.717) is 11.6 Å². The molecule has 2 aromatic heterocycles. The third-order valence-corrected chi connectivity index (χ3v) is 1.93. The second-order valence-electron chi connectivity index (χ2n) is 2.49. The summed E-state index contributed by atoms with van der Waals surface area (Å²) < 4.78 is 6.29. The van der Waals surface area contributed by atoms with Crippen molar-refractivity contribution in [2.75, 3.05) is 0 Å². The molecule has 0 spiro atoms. The van der Waals surface area contributed by atoms with Gasteiger partial charge in [-0.15, -0.1) is 0 Å². The van der Waals surface area contributed by atoms with Crippen LogP contribution in [0, 0.1) is 0 Å². The summed E-state index contributed by atoms with van der Waals surface area (Å²) in [6.45, 7) is 0. The van der Waals surface area contributed by atoms with E-state index in [-0.39, 0.29) is 0 Å². The largest absolute Gasteiger partial charge is 0.436 e. The minimum atomic E-state index is 0.517. The number of pyridine rings is 1. The highest BCUT2D eigenvalue weighted by Gasteiger charge is 1.97. The SMILES string of the molecule is Brc1ccc(Oc2cncnc2)nc1. The minimum absolute atomic E-state index is 0.517. The molecule has 0 unspecified atom stereocenters. The Kier molecular flexibility index (Phi) is 2.69. The molecule has 0 aliphatic carbocycles. The molecule has 2 rings (SSSR count). The monoisotopic (exact) mass is 251 g/mol. The van der Waals surface area contributed by atoms with Crippen molar-refractivity contribution in [1.29, 1.82) is 0 Å². The highest BCUT2D eigenvalue weighted by molar-refractivity contribution is 9.10. The standard InChI is InChI=1S/C9H6BrN3O/c10-7-1-2-9(13-3-7)14-8-4-11-6-12-5-8/h1-6H. The molecule has 0 radical (unpaired) electrons. The predicted molar refractivity (Wildman–Crippen MR) is 54.0 cm³/mol. The van der Waals surface area contributed by atoms with Gasteiger partial charge in [0.05, 0.1) is 12.4 Å². The highest BCUT2D eigenvalue weighted by atomic mass is 79.9. The van der Waals surface area contributed by atoms with Crippen molar-refractivity contribution in [2.24, 2.45) is 0 Å². The van der Waals surface area contributed by atoms with Crippen molar-refractivity contribution < 1.29 is 4.74 Å². The van der Waals surface area contributed by atoms with Crippen LogP contribution in [0.4, 0.5) is 0 Å². The fraction of sp³-hybridized carbons (Fsp3) is 0. The molecular formula is C9H6BrN3O. The lowest BCUT2D eigenvalue weighted by Gasteiger charge is -2.02. The predicted octanol–water partition coefficient (Wildman–Crippen LogP) is 2.43. The highest BCUT2D eigenvalue weighted by Crippen LogP contribution is 2.18. The number of rotatable bonds is 2. The second-order valence-corrected chi connectivity index (χ2v) is 3.41. The van der Waals surface area contributed by atoms with Crippen molar-refractivity contribution in [2.45, 2.75) is 0 Å². The number of aromatic nitrogens is 3. The molecule has 5 heteroatoms. The number of nitrogens with zero attached hydrogens (tertiary/aromatic N) is 3. The van der Waals surface area contributed by atoms with Gasteiger partial charge in [-0.1, -0.05) is 0 Å². The molecule has 2 aromatic rings. The van der Waals surface area contributed by atoms with Crippen LogP contribution in [0.1, 0.15) is 0 Å². The fourth-order valence-corrected chi connectivity index (χ4v) is 1.12. The van der Waals surface area contributed by atoms with Crippen LogP contribution in [0.2, 0.25) is 0 Å². The molecule has 0 bridgehead atoms. The zero-order valence-electron chi connectivity index (χ0n) is 7.09. The second kappa shape index (κ2) is 4.15. The Balaban J connectivity index is 2.16. The maximum absolute atomic E-state index is 5.38. The molecule has 0 aromatic carbocycles. The van der Waals surface area contributed by atoms with E-state index >= 15 is 0 Å². The number of hydrogen-bond donors (Lipinski definition) is 0. The Morgan fingerprint density at radius 3 is 2.50 bits per heavy atom. The molecular weight excluding hydrogens is 246 g/mol. The van der Waals surface area contributed by atoms with Crippen LogP contribution in [0.5, 0.6) is 11.6 Å². The molecule has 0 N–H and O–H groups in total. The quantitative estimate of drug-likeness (QED) is 0.823. The Labute approximate surface area is 89.1 Å². The minimum Gasteiger partial charge on any atom is -0.436 e. The summed E-state index contributed by atoms with van der Waals surface area (Å²) in [5.74, 6) is 1.09.